The Morgan fingerprint density at radius 3 is 2.47 bits per heavy atom. The second-order valence-electron chi connectivity index (χ2n) is 3.89. The van der Waals surface area contributed by atoms with Crippen LogP contribution in [0.25, 0.3) is 0 Å². The van der Waals surface area contributed by atoms with E-state index in [0.717, 1.165) is 11.3 Å². The number of nitrogens with two attached hydrogens (primary N) is 1. The van der Waals surface area contributed by atoms with Crippen LogP contribution in [0.15, 0.2) is 42.6 Å². The van der Waals surface area contributed by atoms with Crippen LogP contribution in [0, 0.1) is 5.82 Å². The Hall–Kier alpha value is -2.10. The lowest BCUT2D eigenvalue weighted by atomic mass is 10.1. The molecule has 3 N–H and O–H groups in total. The highest BCUT2D eigenvalue weighted by molar-refractivity contribution is 5.43. The monoisotopic (exact) mass is 231 g/mol. The van der Waals surface area contributed by atoms with Gasteiger partial charge in [-0.05, 0) is 36.8 Å². The fourth-order valence-corrected chi connectivity index (χ4v) is 1.55. The molecule has 0 aliphatic rings. The van der Waals surface area contributed by atoms with Crippen molar-refractivity contribution in [3.05, 3.63) is 54.0 Å². The smallest absolute Gasteiger partial charge is 0.141 e. The second kappa shape index (κ2) is 4.82. The number of hydrogen-bond acceptors (Lipinski definition) is 3. The number of nitrogens with zero attached hydrogens (tertiary/aromatic N) is 1. The van der Waals surface area contributed by atoms with Crippen LogP contribution in [0.5, 0.6) is 0 Å². The van der Waals surface area contributed by atoms with Gasteiger partial charge < -0.3 is 11.1 Å². The molecule has 1 atom stereocenters. The van der Waals surface area contributed by atoms with E-state index in [-0.39, 0.29) is 11.9 Å². The molecule has 88 valence electrons. The van der Waals surface area contributed by atoms with Crippen LogP contribution < -0.4 is 11.1 Å². The molecule has 0 saturated carbocycles. The van der Waals surface area contributed by atoms with Crippen molar-refractivity contribution in [2.75, 3.05) is 11.1 Å². The zero-order chi connectivity index (χ0) is 12.3. The molecule has 1 unspecified atom stereocenters. The maximum Gasteiger partial charge on any atom is 0.141 e. The summed E-state index contributed by atoms with van der Waals surface area (Å²) in [5.74, 6) is 0.311. The minimum Gasteiger partial charge on any atom is -0.399 e. The normalized spacial score (nSPS) is 12.1. The molecule has 0 radical (unpaired) electrons. The van der Waals surface area contributed by atoms with Crippen LogP contribution in [0.1, 0.15) is 18.5 Å². The zero-order valence-electron chi connectivity index (χ0n) is 9.52. The molecule has 0 bridgehead atoms. The molecule has 1 heterocycles. The third kappa shape index (κ3) is 2.93. The molecule has 0 aliphatic heterocycles. The molecule has 1 aromatic heterocycles. The Morgan fingerprint density at radius 1 is 1.18 bits per heavy atom. The maximum absolute atomic E-state index is 12.7. The Kier molecular flexibility index (Phi) is 3.23. The second-order valence-corrected chi connectivity index (χ2v) is 3.89. The molecule has 17 heavy (non-hydrogen) atoms. The summed E-state index contributed by atoms with van der Waals surface area (Å²) in [6.45, 7) is 2.01. The lowest BCUT2D eigenvalue weighted by Gasteiger charge is -2.14. The maximum atomic E-state index is 12.7. The van der Waals surface area contributed by atoms with E-state index in [0.29, 0.717) is 5.82 Å². The van der Waals surface area contributed by atoms with Gasteiger partial charge in [-0.2, -0.15) is 0 Å². The molecular formula is C13H14FN3. The van der Waals surface area contributed by atoms with Gasteiger partial charge in [0.25, 0.3) is 0 Å². The number of anilines is 2. The van der Waals surface area contributed by atoms with Crippen LogP contribution in [-0.4, -0.2) is 4.98 Å². The third-order valence-electron chi connectivity index (χ3n) is 2.53. The number of hydrogen-bond donors (Lipinski definition) is 2. The van der Waals surface area contributed by atoms with Gasteiger partial charge in [-0.3, -0.25) is 0 Å². The van der Waals surface area contributed by atoms with Crippen LogP contribution in [-0.2, 0) is 0 Å². The first kappa shape index (κ1) is 11.4. The number of aromatic nitrogens is 1. The van der Waals surface area contributed by atoms with Crippen molar-refractivity contribution < 1.29 is 4.39 Å². The highest BCUT2D eigenvalue weighted by atomic mass is 19.1. The summed E-state index contributed by atoms with van der Waals surface area (Å²) in [5.41, 5.74) is 7.46. The average molecular weight is 231 g/mol. The van der Waals surface area contributed by atoms with E-state index in [9.17, 15) is 4.39 Å². The minimum atomic E-state index is -0.337. The van der Waals surface area contributed by atoms with Gasteiger partial charge in [0.1, 0.15) is 11.6 Å². The first-order chi connectivity index (χ1) is 8.15. The van der Waals surface area contributed by atoms with Gasteiger partial charge in [0.05, 0.1) is 6.20 Å². The summed E-state index contributed by atoms with van der Waals surface area (Å²) in [5, 5.41) is 3.19. The molecule has 0 saturated heterocycles. The summed E-state index contributed by atoms with van der Waals surface area (Å²) in [6, 6.07) is 10.7. The van der Waals surface area contributed by atoms with E-state index in [1.165, 1.54) is 12.3 Å². The first-order valence-electron chi connectivity index (χ1n) is 5.38. The molecular weight excluding hydrogens is 217 g/mol. The molecule has 0 fully saturated rings. The lowest BCUT2D eigenvalue weighted by molar-refractivity contribution is 0.621. The predicted octanol–water partition coefficient (Wildman–Crippen LogP) is 2.98. The van der Waals surface area contributed by atoms with E-state index in [1.807, 2.05) is 31.2 Å². The van der Waals surface area contributed by atoms with E-state index in [1.54, 1.807) is 6.07 Å². The van der Waals surface area contributed by atoms with Gasteiger partial charge in [0.15, 0.2) is 0 Å². The van der Waals surface area contributed by atoms with Crippen molar-refractivity contribution in [3.63, 3.8) is 0 Å². The number of pyridine rings is 1. The van der Waals surface area contributed by atoms with Crippen LogP contribution in [0.4, 0.5) is 15.9 Å². The number of rotatable bonds is 3. The number of halogens is 1. The number of nitrogens with one attached hydrogen (secondary N) is 1. The van der Waals surface area contributed by atoms with Crippen molar-refractivity contribution in [1.29, 1.82) is 0 Å². The quantitative estimate of drug-likeness (QED) is 0.798. The number of benzene rings is 1. The van der Waals surface area contributed by atoms with Gasteiger partial charge in [0.2, 0.25) is 0 Å². The minimum absolute atomic E-state index is 0.0913. The summed E-state index contributed by atoms with van der Waals surface area (Å²) in [7, 11) is 0. The third-order valence-corrected chi connectivity index (χ3v) is 2.53. The van der Waals surface area contributed by atoms with Crippen LogP contribution >= 0.6 is 0 Å². The van der Waals surface area contributed by atoms with Crippen molar-refractivity contribution >= 4 is 11.5 Å². The first-order valence-corrected chi connectivity index (χ1v) is 5.38. The molecule has 0 amide bonds. The fraction of sp³-hybridized carbons (Fsp3) is 0.154. The van der Waals surface area contributed by atoms with Crippen molar-refractivity contribution in [2.24, 2.45) is 0 Å². The van der Waals surface area contributed by atoms with E-state index in [2.05, 4.69) is 10.3 Å². The van der Waals surface area contributed by atoms with Gasteiger partial charge in [-0.1, -0.05) is 12.1 Å². The van der Waals surface area contributed by atoms with E-state index < -0.39 is 0 Å². The molecule has 2 rings (SSSR count). The highest BCUT2D eigenvalue weighted by Crippen LogP contribution is 2.18. The molecule has 2 aromatic rings. The van der Waals surface area contributed by atoms with E-state index in [4.69, 9.17) is 5.73 Å². The molecule has 0 spiro atoms. The highest BCUT2D eigenvalue weighted by Gasteiger charge is 2.05. The SMILES string of the molecule is CC(Nc1ccc(F)cn1)c1ccc(N)cc1. The summed E-state index contributed by atoms with van der Waals surface area (Å²) in [6.07, 6.45) is 1.19. The Balaban J connectivity index is 2.08. The van der Waals surface area contributed by atoms with Crippen molar-refractivity contribution in [2.45, 2.75) is 13.0 Å². The molecule has 1 aromatic carbocycles. The van der Waals surface area contributed by atoms with Gasteiger partial charge >= 0.3 is 0 Å². The Bertz CT molecular complexity index is 479. The van der Waals surface area contributed by atoms with Crippen LogP contribution in [0.2, 0.25) is 0 Å². The fourth-order valence-electron chi connectivity index (χ4n) is 1.55. The van der Waals surface area contributed by atoms with Crippen LogP contribution in [0.3, 0.4) is 0 Å². The molecule has 3 nitrogen and oxygen atoms in total. The van der Waals surface area contributed by atoms with Gasteiger partial charge in [-0.15, -0.1) is 0 Å². The van der Waals surface area contributed by atoms with Gasteiger partial charge in [-0.25, -0.2) is 9.37 Å². The summed E-state index contributed by atoms with van der Waals surface area (Å²) < 4.78 is 12.7. The van der Waals surface area contributed by atoms with Gasteiger partial charge in [0, 0.05) is 11.7 Å². The molecule has 4 heteroatoms. The Morgan fingerprint density at radius 2 is 1.88 bits per heavy atom. The zero-order valence-corrected chi connectivity index (χ0v) is 9.52. The molecule has 0 aliphatic carbocycles. The van der Waals surface area contributed by atoms with E-state index >= 15 is 0 Å². The van der Waals surface area contributed by atoms with Crippen molar-refractivity contribution in [3.8, 4) is 0 Å². The predicted molar refractivity (Wildman–Crippen MR) is 67.1 cm³/mol. The largest absolute Gasteiger partial charge is 0.399 e. The lowest BCUT2D eigenvalue weighted by Crippen LogP contribution is -2.07. The standard InChI is InChI=1S/C13H14FN3/c1-9(10-2-5-12(15)6-3-10)17-13-7-4-11(14)8-16-13/h2-9H,15H2,1H3,(H,16,17). The Labute approximate surface area is 99.5 Å². The van der Waals surface area contributed by atoms with Crippen molar-refractivity contribution in [1.82, 2.24) is 4.98 Å². The number of nitrogen functional groups attached to an aromatic ring is 1. The topological polar surface area (TPSA) is 50.9 Å². The summed E-state index contributed by atoms with van der Waals surface area (Å²) in [4.78, 5) is 3.95. The average Bonchev–Trinajstić information content (AvgIpc) is 2.33. The summed E-state index contributed by atoms with van der Waals surface area (Å²) >= 11 is 0.